The van der Waals surface area contributed by atoms with Crippen LogP contribution in [-0.2, 0) is 11.8 Å². The molecule has 0 spiro atoms. The van der Waals surface area contributed by atoms with Crippen LogP contribution in [0.25, 0.3) is 0 Å². The fourth-order valence-electron chi connectivity index (χ4n) is 1.99. The lowest BCUT2D eigenvalue weighted by molar-refractivity contribution is 0.0929. The molecule has 0 saturated carbocycles. The zero-order chi connectivity index (χ0) is 14.8. The molecule has 2 nitrogen and oxygen atoms in total. The lowest BCUT2D eigenvalue weighted by Gasteiger charge is -2.14. The molecule has 106 valence electrons. The summed E-state index contributed by atoms with van der Waals surface area (Å²) in [4.78, 5) is 17.0. The number of carbonyl (C=O) groups excluding carboxylic acids is 1. The summed E-state index contributed by atoms with van der Waals surface area (Å²) in [6.07, 6.45) is 0.717. The molecular weight excluding hydrogens is 266 g/mol. The minimum Gasteiger partial charge on any atom is -0.294 e. The van der Waals surface area contributed by atoms with Crippen molar-refractivity contribution in [3.63, 3.8) is 0 Å². The summed E-state index contributed by atoms with van der Waals surface area (Å²) >= 11 is 1.65. The SMILES string of the molecule is CC(Cc1nc(C(C)(C)C)cs1)C(=O)c1ccccc1. The van der Waals surface area contributed by atoms with Gasteiger partial charge in [0.15, 0.2) is 5.78 Å². The minimum absolute atomic E-state index is 0.0311. The second-order valence-electron chi connectivity index (χ2n) is 6.21. The fourth-order valence-corrected chi connectivity index (χ4v) is 3.14. The maximum Gasteiger partial charge on any atom is 0.166 e. The molecule has 0 radical (unpaired) electrons. The molecule has 0 bridgehead atoms. The zero-order valence-electron chi connectivity index (χ0n) is 12.5. The number of aromatic nitrogens is 1. The number of thiazole rings is 1. The molecule has 0 fully saturated rings. The number of nitrogens with zero attached hydrogens (tertiary/aromatic N) is 1. The van der Waals surface area contributed by atoms with Gasteiger partial charge in [-0.25, -0.2) is 4.98 Å². The Morgan fingerprint density at radius 1 is 1.25 bits per heavy atom. The van der Waals surface area contributed by atoms with Crippen molar-refractivity contribution in [3.8, 4) is 0 Å². The van der Waals surface area contributed by atoms with Crippen LogP contribution in [0.5, 0.6) is 0 Å². The Morgan fingerprint density at radius 2 is 1.90 bits per heavy atom. The van der Waals surface area contributed by atoms with Crippen molar-refractivity contribution in [1.29, 1.82) is 0 Å². The molecule has 1 atom stereocenters. The van der Waals surface area contributed by atoms with E-state index in [1.54, 1.807) is 11.3 Å². The second-order valence-corrected chi connectivity index (χ2v) is 7.15. The standard InChI is InChI=1S/C17H21NOS/c1-12(16(19)13-8-6-5-7-9-13)10-15-18-14(11-20-15)17(2,3)4/h5-9,11-12H,10H2,1-4H3. The number of rotatable bonds is 4. The molecule has 0 amide bonds. The normalized spacial score (nSPS) is 13.2. The highest BCUT2D eigenvalue weighted by molar-refractivity contribution is 7.09. The van der Waals surface area contributed by atoms with E-state index in [1.165, 1.54) is 0 Å². The summed E-state index contributed by atoms with van der Waals surface area (Å²) in [6.45, 7) is 8.45. The highest BCUT2D eigenvalue weighted by Gasteiger charge is 2.20. The van der Waals surface area contributed by atoms with E-state index in [9.17, 15) is 4.79 Å². The van der Waals surface area contributed by atoms with Crippen LogP contribution in [0.2, 0.25) is 0 Å². The molecule has 2 rings (SSSR count). The molecule has 0 aliphatic rings. The Morgan fingerprint density at radius 3 is 2.45 bits per heavy atom. The van der Waals surface area contributed by atoms with Gasteiger partial charge >= 0.3 is 0 Å². The van der Waals surface area contributed by atoms with Gasteiger partial charge in [-0.2, -0.15) is 0 Å². The Kier molecular flexibility index (Phi) is 4.39. The average Bonchev–Trinajstić information content (AvgIpc) is 2.87. The lowest BCUT2D eigenvalue weighted by Crippen LogP contribution is -2.15. The van der Waals surface area contributed by atoms with Crippen molar-refractivity contribution in [2.45, 2.75) is 39.5 Å². The monoisotopic (exact) mass is 287 g/mol. The van der Waals surface area contributed by atoms with E-state index >= 15 is 0 Å². The summed E-state index contributed by atoms with van der Waals surface area (Å²) in [5.74, 6) is 0.162. The highest BCUT2D eigenvalue weighted by Crippen LogP contribution is 2.25. The van der Waals surface area contributed by atoms with Gasteiger partial charge in [-0.3, -0.25) is 4.79 Å². The Balaban J connectivity index is 2.07. The van der Waals surface area contributed by atoms with Crippen LogP contribution in [0.4, 0.5) is 0 Å². The van der Waals surface area contributed by atoms with Gasteiger partial charge in [-0.15, -0.1) is 11.3 Å². The third-order valence-electron chi connectivity index (χ3n) is 3.31. The topological polar surface area (TPSA) is 30.0 Å². The second kappa shape index (κ2) is 5.88. The Bertz CT molecular complexity index is 581. The number of hydrogen-bond acceptors (Lipinski definition) is 3. The molecule has 2 aromatic rings. The summed E-state index contributed by atoms with van der Waals surface area (Å²) in [6, 6.07) is 9.49. The van der Waals surface area contributed by atoms with Crippen molar-refractivity contribution >= 4 is 17.1 Å². The van der Waals surface area contributed by atoms with E-state index in [0.717, 1.165) is 16.3 Å². The van der Waals surface area contributed by atoms with E-state index in [2.05, 4.69) is 31.1 Å². The van der Waals surface area contributed by atoms with Gasteiger partial charge in [0.25, 0.3) is 0 Å². The Labute approximate surface area is 124 Å². The van der Waals surface area contributed by atoms with Crippen LogP contribution in [0.15, 0.2) is 35.7 Å². The fraction of sp³-hybridized carbons (Fsp3) is 0.412. The van der Waals surface area contributed by atoms with Crippen molar-refractivity contribution in [2.75, 3.05) is 0 Å². The summed E-state index contributed by atoms with van der Waals surface area (Å²) in [5, 5.41) is 3.15. The summed E-state index contributed by atoms with van der Waals surface area (Å²) in [7, 11) is 0. The van der Waals surface area contributed by atoms with Crippen LogP contribution >= 0.6 is 11.3 Å². The largest absolute Gasteiger partial charge is 0.294 e. The van der Waals surface area contributed by atoms with Gasteiger partial charge in [0.05, 0.1) is 10.7 Å². The van der Waals surface area contributed by atoms with Crippen LogP contribution in [-0.4, -0.2) is 10.8 Å². The van der Waals surface area contributed by atoms with Crippen molar-refractivity contribution in [3.05, 3.63) is 52.0 Å². The first-order valence-electron chi connectivity index (χ1n) is 6.92. The molecule has 0 aliphatic carbocycles. The first kappa shape index (κ1) is 14.9. The first-order valence-corrected chi connectivity index (χ1v) is 7.80. The maximum atomic E-state index is 12.3. The number of Topliss-reactive ketones (excluding diaryl/α,β-unsaturated/α-hetero) is 1. The summed E-state index contributed by atoms with van der Waals surface area (Å²) in [5.41, 5.74) is 1.96. The van der Waals surface area contributed by atoms with Crippen molar-refractivity contribution in [1.82, 2.24) is 4.98 Å². The highest BCUT2D eigenvalue weighted by atomic mass is 32.1. The molecule has 1 unspecified atom stereocenters. The lowest BCUT2D eigenvalue weighted by atomic mass is 9.93. The predicted octanol–water partition coefficient (Wildman–Crippen LogP) is 4.50. The summed E-state index contributed by atoms with van der Waals surface area (Å²) < 4.78 is 0. The molecule has 1 heterocycles. The third-order valence-corrected chi connectivity index (χ3v) is 4.18. The van der Waals surface area contributed by atoms with Crippen LogP contribution in [0.3, 0.4) is 0 Å². The van der Waals surface area contributed by atoms with E-state index in [1.807, 2.05) is 37.3 Å². The predicted molar refractivity (Wildman–Crippen MR) is 84.5 cm³/mol. The molecule has 1 aromatic heterocycles. The van der Waals surface area contributed by atoms with Gasteiger partial charge in [0.1, 0.15) is 0 Å². The number of hydrogen-bond donors (Lipinski definition) is 0. The van der Waals surface area contributed by atoms with E-state index in [4.69, 9.17) is 0 Å². The quantitative estimate of drug-likeness (QED) is 0.775. The van der Waals surface area contributed by atoms with Crippen molar-refractivity contribution < 1.29 is 4.79 Å². The number of carbonyl (C=O) groups is 1. The molecular formula is C17H21NOS. The third kappa shape index (κ3) is 3.54. The van der Waals surface area contributed by atoms with Crippen molar-refractivity contribution in [2.24, 2.45) is 5.92 Å². The van der Waals surface area contributed by atoms with Crippen LogP contribution in [0.1, 0.15) is 48.8 Å². The molecule has 0 aliphatic heterocycles. The number of benzene rings is 1. The zero-order valence-corrected chi connectivity index (χ0v) is 13.3. The maximum absolute atomic E-state index is 12.3. The molecule has 20 heavy (non-hydrogen) atoms. The van der Waals surface area contributed by atoms with Gasteiger partial charge in [0, 0.05) is 28.7 Å². The van der Waals surface area contributed by atoms with Gasteiger partial charge in [-0.1, -0.05) is 58.0 Å². The van der Waals surface area contributed by atoms with Crippen LogP contribution in [0, 0.1) is 5.92 Å². The molecule has 1 aromatic carbocycles. The average molecular weight is 287 g/mol. The van der Waals surface area contributed by atoms with E-state index in [0.29, 0.717) is 6.42 Å². The smallest absolute Gasteiger partial charge is 0.166 e. The Hall–Kier alpha value is -1.48. The van der Waals surface area contributed by atoms with Gasteiger partial charge in [0.2, 0.25) is 0 Å². The number of ketones is 1. The van der Waals surface area contributed by atoms with E-state index in [-0.39, 0.29) is 17.1 Å². The first-order chi connectivity index (χ1) is 9.38. The molecule has 0 N–H and O–H groups in total. The van der Waals surface area contributed by atoms with Gasteiger partial charge in [-0.05, 0) is 0 Å². The van der Waals surface area contributed by atoms with Gasteiger partial charge < -0.3 is 0 Å². The van der Waals surface area contributed by atoms with E-state index < -0.39 is 0 Å². The van der Waals surface area contributed by atoms with Crippen LogP contribution < -0.4 is 0 Å². The molecule has 0 saturated heterocycles. The molecule has 3 heteroatoms. The minimum atomic E-state index is -0.0311.